The molecule has 92 valence electrons. The van der Waals surface area contributed by atoms with Gasteiger partial charge in [0.2, 0.25) is 5.91 Å². The van der Waals surface area contributed by atoms with Crippen LogP contribution in [0, 0.1) is 6.92 Å². The van der Waals surface area contributed by atoms with Gasteiger partial charge in [-0.1, -0.05) is 0 Å². The molecular formula is C11H14ClN3O2. The van der Waals surface area contributed by atoms with Crippen LogP contribution in [0.5, 0.6) is 0 Å². The number of aryl methyl sites for hydroxylation is 1. The highest BCUT2D eigenvalue weighted by atomic mass is 35.5. The minimum absolute atomic E-state index is 0.128. The molecule has 1 aromatic heterocycles. The number of nitrogens with zero attached hydrogens (tertiary/aromatic N) is 1. The van der Waals surface area contributed by atoms with Crippen LogP contribution in [0.4, 0.5) is 4.79 Å². The van der Waals surface area contributed by atoms with Gasteiger partial charge < -0.3 is 5.32 Å². The van der Waals surface area contributed by atoms with Gasteiger partial charge >= 0.3 is 6.03 Å². The van der Waals surface area contributed by atoms with Crippen molar-refractivity contribution in [3.63, 3.8) is 0 Å². The Labute approximate surface area is 105 Å². The Morgan fingerprint density at radius 2 is 2.24 bits per heavy atom. The average Bonchev–Trinajstić information content (AvgIpc) is 2.28. The van der Waals surface area contributed by atoms with Crippen LogP contribution in [0.3, 0.4) is 0 Å². The molecule has 0 aromatic carbocycles. The van der Waals surface area contributed by atoms with Gasteiger partial charge in [0.1, 0.15) is 0 Å². The normalized spacial score (nSPS) is 9.76. The second-order valence-electron chi connectivity index (χ2n) is 3.47. The number of urea groups is 1. The summed E-state index contributed by atoms with van der Waals surface area (Å²) in [5, 5.41) is 4.77. The number of imide groups is 1. The highest BCUT2D eigenvalue weighted by Gasteiger charge is 2.06. The molecule has 0 aliphatic heterocycles. The van der Waals surface area contributed by atoms with Crippen molar-refractivity contribution in [1.82, 2.24) is 15.6 Å². The predicted octanol–water partition coefficient (Wildman–Crippen LogP) is 1.34. The molecule has 0 unspecified atom stereocenters. The van der Waals surface area contributed by atoms with Crippen LogP contribution in [0.25, 0.3) is 0 Å². The molecule has 0 saturated carbocycles. The third-order valence-electron chi connectivity index (χ3n) is 2.15. The molecule has 0 bridgehead atoms. The summed E-state index contributed by atoms with van der Waals surface area (Å²) in [7, 11) is 0. The summed E-state index contributed by atoms with van der Waals surface area (Å²) in [6, 6.07) is 1.30. The lowest BCUT2D eigenvalue weighted by atomic mass is 10.1. The fourth-order valence-corrected chi connectivity index (χ4v) is 1.37. The number of hydrogen-bond donors (Lipinski definition) is 2. The first-order chi connectivity index (χ1) is 8.13. The molecule has 0 aliphatic rings. The zero-order valence-corrected chi connectivity index (χ0v) is 10.3. The van der Waals surface area contributed by atoms with Gasteiger partial charge in [-0.15, -0.1) is 11.6 Å². The molecule has 5 nitrogen and oxygen atoms in total. The van der Waals surface area contributed by atoms with Gasteiger partial charge in [0.25, 0.3) is 0 Å². The lowest BCUT2D eigenvalue weighted by Crippen LogP contribution is -2.39. The first-order valence-electron chi connectivity index (χ1n) is 5.16. The number of carbonyl (C=O) groups is 2. The summed E-state index contributed by atoms with van der Waals surface area (Å²) in [4.78, 5) is 26.3. The fourth-order valence-electron chi connectivity index (χ4n) is 1.20. The summed E-state index contributed by atoms with van der Waals surface area (Å²) < 4.78 is 0. The molecule has 3 amide bonds. The van der Waals surface area contributed by atoms with E-state index < -0.39 is 6.03 Å². The molecule has 0 radical (unpaired) electrons. The maximum Gasteiger partial charge on any atom is 0.321 e. The van der Waals surface area contributed by atoms with E-state index >= 15 is 0 Å². The monoisotopic (exact) mass is 255 g/mol. The predicted molar refractivity (Wildman–Crippen MR) is 64.7 cm³/mol. The zero-order chi connectivity index (χ0) is 12.7. The third kappa shape index (κ3) is 4.82. The lowest BCUT2D eigenvalue weighted by molar-refractivity contribution is -0.119. The first kappa shape index (κ1) is 13.4. The highest BCUT2D eigenvalue weighted by molar-refractivity contribution is 6.19. The van der Waals surface area contributed by atoms with E-state index in [9.17, 15) is 9.59 Å². The van der Waals surface area contributed by atoms with Gasteiger partial charge in [0, 0.05) is 31.2 Å². The van der Waals surface area contributed by atoms with Gasteiger partial charge in [0.05, 0.1) is 0 Å². The van der Waals surface area contributed by atoms with Crippen LogP contribution >= 0.6 is 11.6 Å². The summed E-state index contributed by atoms with van der Waals surface area (Å²) in [6.07, 6.45) is 3.50. The molecule has 1 rings (SSSR count). The summed E-state index contributed by atoms with van der Waals surface area (Å²) in [6.45, 7) is 2.26. The number of hydrogen-bond acceptors (Lipinski definition) is 3. The van der Waals surface area contributed by atoms with Crippen molar-refractivity contribution in [3.8, 4) is 0 Å². The van der Waals surface area contributed by atoms with Crippen molar-refractivity contribution >= 4 is 23.5 Å². The number of amides is 3. The number of nitrogens with one attached hydrogen (secondary N) is 2. The maximum absolute atomic E-state index is 11.3. The molecule has 0 saturated heterocycles. The quantitative estimate of drug-likeness (QED) is 0.798. The standard InChI is InChI=1S/C11H14ClN3O2/c1-8-6-13-5-3-9(8)7-14-11(17)15-10(16)2-4-12/h3,5-6H,2,4,7H2,1H3,(H2,14,15,16,17). The molecule has 17 heavy (non-hydrogen) atoms. The first-order valence-corrected chi connectivity index (χ1v) is 5.70. The third-order valence-corrected chi connectivity index (χ3v) is 2.34. The average molecular weight is 256 g/mol. The Morgan fingerprint density at radius 3 is 2.88 bits per heavy atom. The number of pyridine rings is 1. The maximum atomic E-state index is 11.3. The van der Waals surface area contributed by atoms with Crippen LogP contribution in [0.15, 0.2) is 18.5 Å². The van der Waals surface area contributed by atoms with Crippen LogP contribution in [-0.2, 0) is 11.3 Å². The molecule has 2 N–H and O–H groups in total. The lowest BCUT2D eigenvalue weighted by Gasteiger charge is -2.07. The van der Waals surface area contributed by atoms with Gasteiger partial charge in [-0.2, -0.15) is 0 Å². The Kier molecular flexibility index (Phi) is 5.42. The largest absolute Gasteiger partial charge is 0.334 e. The Morgan fingerprint density at radius 1 is 1.47 bits per heavy atom. The topological polar surface area (TPSA) is 71.1 Å². The van der Waals surface area contributed by atoms with E-state index in [-0.39, 0.29) is 18.2 Å². The van der Waals surface area contributed by atoms with Crippen molar-refractivity contribution in [2.75, 3.05) is 5.88 Å². The number of aromatic nitrogens is 1. The second kappa shape index (κ2) is 6.85. The van der Waals surface area contributed by atoms with Gasteiger partial charge in [-0.3, -0.25) is 15.1 Å². The number of halogens is 1. The summed E-state index contributed by atoms with van der Waals surface area (Å²) in [5.74, 6) is -0.188. The Balaban J connectivity index is 2.38. The fraction of sp³-hybridized carbons (Fsp3) is 0.364. The van der Waals surface area contributed by atoms with Gasteiger partial charge in [-0.05, 0) is 24.1 Å². The molecule has 0 atom stereocenters. The number of carbonyl (C=O) groups excluding carboxylic acids is 2. The Hall–Kier alpha value is -1.62. The van der Waals surface area contributed by atoms with Crippen molar-refractivity contribution in [2.45, 2.75) is 19.9 Å². The summed E-state index contributed by atoms with van der Waals surface area (Å²) >= 11 is 5.37. The molecule has 0 fully saturated rings. The number of rotatable bonds is 4. The van der Waals surface area contributed by atoms with E-state index in [1.54, 1.807) is 12.4 Å². The zero-order valence-electron chi connectivity index (χ0n) is 9.50. The Bertz CT molecular complexity index is 409. The number of alkyl halides is 1. The van der Waals surface area contributed by atoms with Crippen molar-refractivity contribution in [3.05, 3.63) is 29.6 Å². The molecular weight excluding hydrogens is 242 g/mol. The van der Waals surface area contributed by atoms with E-state index in [2.05, 4.69) is 15.6 Å². The van der Waals surface area contributed by atoms with Crippen LogP contribution in [0.1, 0.15) is 17.5 Å². The molecule has 0 spiro atoms. The highest BCUT2D eigenvalue weighted by Crippen LogP contribution is 2.03. The molecule has 1 heterocycles. The molecule has 1 aromatic rings. The molecule has 6 heteroatoms. The van der Waals surface area contributed by atoms with E-state index in [0.717, 1.165) is 11.1 Å². The van der Waals surface area contributed by atoms with E-state index in [4.69, 9.17) is 11.6 Å². The van der Waals surface area contributed by atoms with Crippen molar-refractivity contribution in [1.29, 1.82) is 0 Å². The minimum atomic E-state index is -0.517. The second-order valence-corrected chi connectivity index (χ2v) is 3.85. The van der Waals surface area contributed by atoms with E-state index in [1.807, 2.05) is 13.0 Å². The van der Waals surface area contributed by atoms with Gasteiger partial charge in [-0.25, -0.2) is 4.79 Å². The van der Waals surface area contributed by atoms with E-state index in [0.29, 0.717) is 6.54 Å². The minimum Gasteiger partial charge on any atom is -0.334 e. The van der Waals surface area contributed by atoms with Crippen molar-refractivity contribution in [2.24, 2.45) is 0 Å². The molecule has 0 aliphatic carbocycles. The van der Waals surface area contributed by atoms with Crippen LogP contribution in [-0.4, -0.2) is 22.8 Å². The van der Waals surface area contributed by atoms with Crippen LogP contribution < -0.4 is 10.6 Å². The van der Waals surface area contributed by atoms with Crippen LogP contribution in [0.2, 0.25) is 0 Å². The SMILES string of the molecule is Cc1cnccc1CNC(=O)NC(=O)CCCl. The van der Waals surface area contributed by atoms with E-state index in [1.165, 1.54) is 0 Å². The smallest absolute Gasteiger partial charge is 0.321 e. The van der Waals surface area contributed by atoms with Crippen molar-refractivity contribution < 1.29 is 9.59 Å². The van der Waals surface area contributed by atoms with Gasteiger partial charge in [0.15, 0.2) is 0 Å². The summed E-state index contributed by atoms with van der Waals surface area (Å²) in [5.41, 5.74) is 1.94.